The minimum absolute atomic E-state index is 0.154. The first-order valence-corrected chi connectivity index (χ1v) is 15.6. The zero-order valence-electron chi connectivity index (χ0n) is 27.6. The van der Waals surface area contributed by atoms with Gasteiger partial charge in [-0.25, -0.2) is 4.79 Å². The summed E-state index contributed by atoms with van der Waals surface area (Å²) in [5.41, 5.74) is 4.28. The fourth-order valence-corrected chi connectivity index (χ4v) is 6.86. The normalized spacial score (nSPS) is 20.7. The topological polar surface area (TPSA) is 96.0 Å². The molecule has 0 spiro atoms. The zero-order chi connectivity index (χ0) is 33.0. The molecule has 3 aromatic carbocycles. The highest BCUT2D eigenvalue weighted by molar-refractivity contribution is 5.89. The van der Waals surface area contributed by atoms with E-state index in [4.69, 9.17) is 28.4 Å². The van der Waals surface area contributed by atoms with E-state index in [0.29, 0.717) is 30.3 Å². The summed E-state index contributed by atoms with van der Waals surface area (Å²) in [6, 6.07) is 17.4. The van der Waals surface area contributed by atoms with Crippen LogP contribution in [0, 0.1) is 6.92 Å². The Kier molecular flexibility index (Phi) is 10.4. The van der Waals surface area contributed by atoms with Gasteiger partial charge in [0.25, 0.3) is 0 Å². The largest absolute Gasteiger partial charge is 0.496 e. The van der Waals surface area contributed by atoms with Crippen LogP contribution in [-0.2, 0) is 38.5 Å². The maximum atomic E-state index is 14.9. The van der Waals surface area contributed by atoms with Crippen LogP contribution in [0.4, 0.5) is 4.79 Å². The van der Waals surface area contributed by atoms with Crippen molar-refractivity contribution in [3.05, 3.63) is 88.5 Å². The average Bonchev–Trinajstić information content (AvgIpc) is 3.05. The van der Waals surface area contributed by atoms with Gasteiger partial charge in [-0.2, -0.15) is 0 Å². The Morgan fingerprint density at radius 2 is 1.46 bits per heavy atom. The quantitative estimate of drug-likeness (QED) is 0.275. The fraction of sp³-hybridized carbons (Fsp3) is 0.444. The number of carbonyl (C=O) groups is 2. The highest BCUT2D eigenvalue weighted by Gasteiger charge is 2.55. The molecule has 2 aliphatic rings. The number of carbonyl (C=O) groups excluding carboxylic acids is 2. The van der Waals surface area contributed by atoms with Crippen molar-refractivity contribution in [3.8, 4) is 17.2 Å². The fourth-order valence-electron chi connectivity index (χ4n) is 6.86. The Labute approximate surface area is 271 Å². The lowest BCUT2D eigenvalue weighted by atomic mass is 9.81. The van der Waals surface area contributed by atoms with E-state index in [1.165, 1.54) is 4.90 Å². The number of piperazine rings is 1. The van der Waals surface area contributed by atoms with Gasteiger partial charge in [0.1, 0.15) is 11.8 Å². The molecular weight excluding hydrogens is 588 g/mol. The van der Waals surface area contributed by atoms with Crippen molar-refractivity contribution in [2.75, 3.05) is 35.0 Å². The summed E-state index contributed by atoms with van der Waals surface area (Å²) in [7, 11) is 6.35. The molecular formula is C36H44N2O8. The summed E-state index contributed by atoms with van der Waals surface area (Å²) < 4.78 is 36.0. The third kappa shape index (κ3) is 6.24. The van der Waals surface area contributed by atoms with Gasteiger partial charge in [0.05, 0.1) is 52.7 Å². The van der Waals surface area contributed by atoms with Crippen LogP contribution >= 0.6 is 0 Å². The molecule has 2 aliphatic heterocycles. The summed E-state index contributed by atoms with van der Waals surface area (Å²) in [5.74, 6) is 1.44. The van der Waals surface area contributed by atoms with Gasteiger partial charge in [0, 0.05) is 36.6 Å². The molecule has 5 rings (SSSR count). The molecule has 0 radical (unpaired) electrons. The molecule has 246 valence electrons. The number of fused-ring (bicyclic) bond motifs is 2. The van der Waals surface area contributed by atoms with Gasteiger partial charge in [-0.1, -0.05) is 60.7 Å². The van der Waals surface area contributed by atoms with Gasteiger partial charge >= 0.3 is 6.09 Å². The van der Waals surface area contributed by atoms with Crippen molar-refractivity contribution >= 4 is 12.0 Å². The number of hydrogen-bond acceptors (Lipinski definition) is 8. The molecule has 46 heavy (non-hydrogen) atoms. The van der Waals surface area contributed by atoms with Gasteiger partial charge in [0.15, 0.2) is 17.7 Å². The smallest absolute Gasteiger partial charge is 0.412 e. The predicted molar refractivity (Wildman–Crippen MR) is 172 cm³/mol. The molecule has 0 saturated carbocycles. The number of methoxy groups -OCH3 is 4. The summed E-state index contributed by atoms with van der Waals surface area (Å²) in [6.45, 7) is 5.98. The molecule has 10 heteroatoms. The molecule has 1 saturated heterocycles. The standard InChI is InChI=1S/C36H44N2O8/c1-22(2)46-36(40)38-27(18-24-14-10-8-11-15-24)34(39)37-28(35(38)44-7)19-26-30(29(37)21-45-20-25-16-12-9-13-17-25)33(43-6)32(42-5)23(3)31(26)41-4/h8-17,22,27-29,35H,18-21H2,1-7H3/t27-,28+,29+,35-/m1/s1. The first-order valence-electron chi connectivity index (χ1n) is 15.6. The first kappa shape index (κ1) is 33.1. The maximum Gasteiger partial charge on any atom is 0.412 e. The second kappa shape index (κ2) is 14.4. The zero-order valence-corrected chi connectivity index (χ0v) is 27.6. The van der Waals surface area contributed by atoms with Crippen LogP contribution in [-0.4, -0.2) is 81.3 Å². The van der Waals surface area contributed by atoms with Gasteiger partial charge in [-0.3, -0.25) is 9.69 Å². The van der Waals surface area contributed by atoms with Crippen molar-refractivity contribution < 1.29 is 38.0 Å². The van der Waals surface area contributed by atoms with Crippen molar-refractivity contribution in [2.45, 2.75) is 70.7 Å². The van der Waals surface area contributed by atoms with Gasteiger partial charge in [-0.15, -0.1) is 0 Å². The lowest BCUT2D eigenvalue weighted by Gasteiger charge is -2.54. The number of benzene rings is 3. The Hall–Kier alpha value is -4.28. The third-order valence-electron chi connectivity index (χ3n) is 8.71. The third-order valence-corrected chi connectivity index (χ3v) is 8.71. The first-order chi connectivity index (χ1) is 22.2. The second-order valence-corrected chi connectivity index (χ2v) is 11.8. The van der Waals surface area contributed by atoms with Crippen molar-refractivity contribution in [3.63, 3.8) is 0 Å². The number of amides is 2. The van der Waals surface area contributed by atoms with E-state index < -0.39 is 30.4 Å². The number of rotatable bonds is 11. The van der Waals surface area contributed by atoms with Crippen LogP contribution < -0.4 is 14.2 Å². The van der Waals surface area contributed by atoms with E-state index in [2.05, 4.69) is 0 Å². The highest BCUT2D eigenvalue weighted by atomic mass is 16.6. The van der Waals surface area contributed by atoms with Crippen LogP contribution in [0.5, 0.6) is 17.2 Å². The Morgan fingerprint density at radius 1 is 0.848 bits per heavy atom. The lowest BCUT2D eigenvalue weighted by molar-refractivity contribution is -0.180. The summed E-state index contributed by atoms with van der Waals surface area (Å²) >= 11 is 0. The van der Waals surface area contributed by atoms with Gasteiger partial charge < -0.3 is 33.3 Å². The molecule has 10 nitrogen and oxygen atoms in total. The molecule has 3 aromatic rings. The maximum absolute atomic E-state index is 14.9. The molecule has 1 fully saturated rings. The van der Waals surface area contributed by atoms with Crippen molar-refractivity contribution in [2.24, 2.45) is 0 Å². The SMILES string of the molecule is COc1c(C)c(OC)c(OC)c2c1C[C@H]1[C@@H](OC)N(C(=O)OC(C)C)[C@H](Cc3ccccc3)C(=O)N1[C@H]2COCc1ccccc1. The second-order valence-electron chi connectivity index (χ2n) is 11.8. The van der Waals surface area contributed by atoms with E-state index in [1.54, 1.807) is 42.3 Å². The van der Waals surface area contributed by atoms with Crippen LogP contribution in [0.15, 0.2) is 60.7 Å². The molecule has 2 amide bonds. The van der Waals surface area contributed by atoms with E-state index in [9.17, 15) is 9.59 Å². The highest BCUT2D eigenvalue weighted by Crippen LogP contribution is 2.52. The summed E-state index contributed by atoms with van der Waals surface area (Å²) in [4.78, 5) is 32.0. The Morgan fingerprint density at radius 3 is 2.02 bits per heavy atom. The number of hydrogen-bond donors (Lipinski definition) is 0. The monoisotopic (exact) mass is 632 g/mol. The molecule has 4 atom stereocenters. The Balaban J connectivity index is 1.68. The van der Waals surface area contributed by atoms with Crippen molar-refractivity contribution in [1.29, 1.82) is 0 Å². The van der Waals surface area contributed by atoms with E-state index in [1.807, 2.05) is 72.5 Å². The number of ether oxygens (including phenoxy) is 6. The molecule has 0 aromatic heterocycles. The molecule has 0 bridgehead atoms. The minimum atomic E-state index is -0.895. The average molecular weight is 633 g/mol. The number of nitrogens with zero attached hydrogens (tertiary/aromatic N) is 2. The van der Waals surface area contributed by atoms with E-state index >= 15 is 0 Å². The molecule has 0 aliphatic carbocycles. The van der Waals surface area contributed by atoms with Crippen LogP contribution in [0.3, 0.4) is 0 Å². The van der Waals surface area contributed by atoms with Crippen molar-refractivity contribution in [1.82, 2.24) is 9.80 Å². The van der Waals surface area contributed by atoms with E-state index in [-0.39, 0.29) is 25.0 Å². The minimum Gasteiger partial charge on any atom is -0.496 e. The molecule has 0 unspecified atom stereocenters. The van der Waals surface area contributed by atoms with Crippen LogP contribution in [0.2, 0.25) is 0 Å². The van der Waals surface area contributed by atoms with E-state index in [0.717, 1.165) is 27.8 Å². The summed E-state index contributed by atoms with van der Waals surface area (Å²) in [6.07, 6.45) is -1.20. The van der Waals surface area contributed by atoms with Gasteiger partial charge in [0.2, 0.25) is 5.91 Å². The molecule has 0 N–H and O–H groups in total. The molecule has 2 heterocycles. The Bertz CT molecular complexity index is 1510. The van der Waals surface area contributed by atoms with Crippen LogP contribution in [0.1, 0.15) is 47.7 Å². The summed E-state index contributed by atoms with van der Waals surface area (Å²) in [5, 5.41) is 0. The van der Waals surface area contributed by atoms with Gasteiger partial charge in [-0.05, 0) is 31.9 Å². The lowest BCUT2D eigenvalue weighted by Crippen LogP contribution is -2.71. The predicted octanol–water partition coefficient (Wildman–Crippen LogP) is 5.48. The van der Waals surface area contributed by atoms with Crippen LogP contribution in [0.25, 0.3) is 0 Å².